The lowest BCUT2D eigenvalue weighted by molar-refractivity contribution is -0.0531. The predicted octanol–water partition coefficient (Wildman–Crippen LogP) is 3.29. The molecule has 0 aromatic carbocycles. The Balaban J connectivity index is 2.07. The summed E-state index contributed by atoms with van der Waals surface area (Å²) in [6, 6.07) is 3.40. The van der Waals surface area contributed by atoms with Gasteiger partial charge in [0.15, 0.2) is 0 Å². The molecule has 1 aliphatic carbocycles. The maximum Gasteiger partial charge on any atom is 0.388 e. The second-order valence-corrected chi connectivity index (χ2v) is 6.57. The molecule has 2 aromatic heterocycles. The second kappa shape index (κ2) is 5.57. The maximum atomic E-state index is 12.5. The Morgan fingerprint density at radius 1 is 1.41 bits per heavy atom. The van der Waals surface area contributed by atoms with Crippen LogP contribution in [0.3, 0.4) is 0 Å². The highest BCUT2D eigenvalue weighted by molar-refractivity contribution is 9.10. The Morgan fingerprint density at radius 3 is 2.68 bits per heavy atom. The zero-order valence-electron chi connectivity index (χ0n) is 12.1. The fraction of sp³-hybridized carbons (Fsp3) is 0.500. The Hall–Kier alpha value is -1.57. The van der Waals surface area contributed by atoms with E-state index in [2.05, 4.69) is 42.8 Å². The molecular weight excluding hydrogens is 358 g/mol. The van der Waals surface area contributed by atoms with Crippen LogP contribution in [0.15, 0.2) is 23.1 Å². The molecule has 0 atom stereocenters. The van der Waals surface area contributed by atoms with Crippen molar-refractivity contribution in [2.24, 2.45) is 13.0 Å². The standard InChI is InChI=1S/C14H15BrF2N4O/c1-8-5-14(6-8,12-20-18-7-21(12)2)9-3-10(15)19-11(4-9)22-13(16)17/h3-4,7-8,13H,5-6H2,1-2H3. The molecule has 8 heteroatoms. The number of hydrogen-bond acceptors (Lipinski definition) is 4. The van der Waals surface area contributed by atoms with Crippen LogP contribution < -0.4 is 4.74 Å². The highest BCUT2D eigenvalue weighted by Crippen LogP contribution is 2.52. The van der Waals surface area contributed by atoms with Crippen molar-refractivity contribution in [2.45, 2.75) is 31.8 Å². The molecule has 2 aromatic rings. The summed E-state index contributed by atoms with van der Waals surface area (Å²) in [6.07, 6.45) is 3.40. The molecule has 0 bridgehead atoms. The lowest BCUT2D eigenvalue weighted by Gasteiger charge is -2.46. The van der Waals surface area contributed by atoms with Crippen molar-refractivity contribution in [1.29, 1.82) is 0 Å². The molecule has 0 N–H and O–H groups in total. The third kappa shape index (κ3) is 2.60. The molecular formula is C14H15BrF2N4O. The number of halogens is 3. The third-order valence-electron chi connectivity index (χ3n) is 4.07. The summed E-state index contributed by atoms with van der Waals surface area (Å²) in [6.45, 7) is -0.748. The summed E-state index contributed by atoms with van der Waals surface area (Å²) in [4.78, 5) is 3.94. The lowest BCUT2D eigenvalue weighted by Crippen LogP contribution is -2.43. The fourth-order valence-corrected chi connectivity index (χ4v) is 3.72. The average molecular weight is 373 g/mol. The Kier molecular flexibility index (Phi) is 3.88. The second-order valence-electron chi connectivity index (χ2n) is 5.76. The van der Waals surface area contributed by atoms with Crippen molar-refractivity contribution in [3.05, 3.63) is 34.5 Å². The monoisotopic (exact) mass is 372 g/mol. The Bertz CT molecular complexity index is 685. The van der Waals surface area contributed by atoms with E-state index in [1.165, 1.54) is 0 Å². The molecule has 118 valence electrons. The van der Waals surface area contributed by atoms with E-state index in [4.69, 9.17) is 0 Å². The summed E-state index contributed by atoms with van der Waals surface area (Å²) in [5.41, 5.74) is 0.523. The quantitative estimate of drug-likeness (QED) is 0.772. The van der Waals surface area contributed by atoms with Gasteiger partial charge in [-0.05, 0) is 46.3 Å². The van der Waals surface area contributed by atoms with Crippen LogP contribution in [-0.2, 0) is 12.5 Å². The van der Waals surface area contributed by atoms with Gasteiger partial charge in [0.2, 0.25) is 5.88 Å². The van der Waals surface area contributed by atoms with E-state index in [1.54, 1.807) is 12.4 Å². The summed E-state index contributed by atoms with van der Waals surface area (Å²) in [5, 5.41) is 8.18. The first-order valence-electron chi connectivity index (χ1n) is 6.88. The highest BCUT2D eigenvalue weighted by Gasteiger charge is 2.48. The molecule has 0 amide bonds. The van der Waals surface area contributed by atoms with Gasteiger partial charge in [0.1, 0.15) is 16.8 Å². The van der Waals surface area contributed by atoms with Crippen molar-refractivity contribution in [1.82, 2.24) is 19.7 Å². The smallest absolute Gasteiger partial charge is 0.388 e. The van der Waals surface area contributed by atoms with Crippen LogP contribution >= 0.6 is 15.9 Å². The van der Waals surface area contributed by atoms with Crippen molar-refractivity contribution >= 4 is 15.9 Å². The van der Waals surface area contributed by atoms with Gasteiger partial charge in [-0.15, -0.1) is 10.2 Å². The van der Waals surface area contributed by atoms with Crippen LogP contribution in [0.4, 0.5) is 8.78 Å². The zero-order chi connectivity index (χ0) is 15.9. The van der Waals surface area contributed by atoms with Gasteiger partial charge < -0.3 is 9.30 Å². The number of hydrogen-bond donors (Lipinski definition) is 0. The molecule has 1 aliphatic rings. The minimum Gasteiger partial charge on any atom is -0.417 e. The molecule has 5 nitrogen and oxygen atoms in total. The normalized spacial score (nSPS) is 24.4. The van der Waals surface area contributed by atoms with E-state index in [-0.39, 0.29) is 11.3 Å². The molecule has 2 heterocycles. The molecule has 0 saturated heterocycles. The van der Waals surface area contributed by atoms with E-state index < -0.39 is 6.61 Å². The summed E-state index contributed by atoms with van der Waals surface area (Å²) < 4.78 is 31.7. The van der Waals surface area contributed by atoms with Crippen LogP contribution in [-0.4, -0.2) is 26.4 Å². The van der Waals surface area contributed by atoms with Gasteiger partial charge in [-0.2, -0.15) is 8.78 Å². The first kappa shape index (κ1) is 15.3. The van der Waals surface area contributed by atoms with Gasteiger partial charge in [-0.1, -0.05) is 6.92 Å². The van der Waals surface area contributed by atoms with Crippen LogP contribution in [0.1, 0.15) is 31.2 Å². The SMILES string of the molecule is CC1CC(c2cc(Br)nc(OC(F)F)c2)(c2nncn2C)C1. The van der Waals surface area contributed by atoms with Gasteiger partial charge >= 0.3 is 6.61 Å². The molecule has 0 unspecified atom stereocenters. The van der Waals surface area contributed by atoms with Gasteiger partial charge in [0.05, 0.1) is 5.41 Å². The molecule has 3 rings (SSSR count). The van der Waals surface area contributed by atoms with Gasteiger partial charge in [-0.3, -0.25) is 0 Å². The first-order valence-corrected chi connectivity index (χ1v) is 7.67. The topological polar surface area (TPSA) is 52.8 Å². The number of rotatable bonds is 4. The third-order valence-corrected chi connectivity index (χ3v) is 4.47. The van der Waals surface area contributed by atoms with Crippen LogP contribution in [0.2, 0.25) is 0 Å². The van der Waals surface area contributed by atoms with Crippen LogP contribution in [0, 0.1) is 5.92 Å². The zero-order valence-corrected chi connectivity index (χ0v) is 13.7. The molecule has 1 fully saturated rings. The highest BCUT2D eigenvalue weighted by atomic mass is 79.9. The molecule has 0 spiro atoms. The van der Waals surface area contributed by atoms with Crippen molar-refractivity contribution < 1.29 is 13.5 Å². The van der Waals surface area contributed by atoms with Crippen molar-refractivity contribution in [2.75, 3.05) is 0 Å². The number of ether oxygens (including phenoxy) is 1. The first-order chi connectivity index (χ1) is 10.4. The molecule has 22 heavy (non-hydrogen) atoms. The van der Waals surface area contributed by atoms with Crippen molar-refractivity contribution in [3.8, 4) is 5.88 Å². The minimum absolute atomic E-state index is 0.0968. The van der Waals surface area contributed by atoms with Crippen LogP contribution in [0.25, 0.3) is 0 Å². The predicted molar refractivity (Wildman–Crippen MR) is 78.8 cm³/mol. The summed E-state index contributed by atoms with van der Waals surface area (Å²) in [5.74, 6) is 1.26. The summed E-state index contributed by atoms with van der Waals surface area (Å²) >= 11 is 3.27. The number of alkyl halides is 2. The van der Waals surface area contributed by atoms with E-state index in [1.807, 2.05) is 17.7 Å². The average Bonchev–Trinajstić information content (AvgIpc) is 2.79. The van der Waals surface area contributed by atoms with E-state index in [0.29, 0.717) is 10.5 Å². The minimum atomic E-state index is -2.90. The van der Waals surface area contributed by atoms with Crippen LogP contribution in [0.5, 0.6) is 5.88 Å². The maximum absolute atomic E-state index is 12.5. The number of aromatic nitrogens is 4. The summed E-state index contributed by atoms with van der Waals surface area (Å²) in [7, 11) is 1.88. The number of aryl methyl sites for hydroxylation is 1. The molecule has 1 saturated carbocycles. The lowest BCUT2D eigenvalue weighted by atomic mass is 9.58. The largest absolute Gasteiger partial charge is 0.417 e. The number of nitrogens with zero attached hydrogens (tertiary/aromatic N) is 4. The number of pyridine rings is 1. The van der Waals surface area contributed by atoms with Crippen molar-refractivity contribution in [3.63, 3.8) is 0 Å². The van der Waals surface area contributed by atoms with Gasteiger partial charge in [0.25, 0.3) is 0 Å². The molecule has 0 aliphatic heterocycles. The van der Waals surface area contributed by atoms with E-state index >= 15 is 0 Å². The Labute approximate surface area is 134 Å². The van der Waals surface area contributed by atoms with E-state index in [0.717, 1.165) is 24.2 Å². The Morgan fingerprint density at radius 2 is 2.14 bits per heavy atom. The van der Waals surface area contributed by atoms with Gasteiger partial charge in [0, 0.05) is 13.1 Å². The molecule has 0 radical (unpaired) electrons. The fourth-order valence-electron chi connectivity index (χ4n) is 3.29. The van der Waals surface area contributed by atoms with Gasteiger partial charge in [-0.25, -0.2) is 4.98 Å². The van der Waals surface area contributed by atoms with E-state index in [9.17, 15) is 8.78 Å².